The van der Waals surface area contributed by atoms with Gasteiger partial charge in [-0.2, -0.15) is 11.5 Å². The van der Waals surface area contributed by atoms with E-state index < -0.39 is 5.97 Å². The Kier molecular flexibility index (Phi) is 3.59. The molecule has 0 aliphatic rings. The van der Waals surface area contributed by atoms with Crippen molar-refractivity contribution in [3.8, 4) is 0 Å². The van der Waals surface area contributed by atoms with Crippen LogP contribution in [0, 0.1) is 5.38 Å². The summed E-state index contributed by atoms with van der Waals surface area (Å²) in [5.74, 6) is -0.886. The van der Waals surface area contributed by atoms with Crippen molar-refractivity contribution in [2.24, 2.45) is 0 Å². The molecule has 13 heavy (non-hydrogen) atoms. The van der Waals surface area contributed by atoms with E-state index in [1.807, 2.05) is 0 Å². The predicted molar refractivity (Wildman–Crippen MR) is 47.6 cm³/mol. The molecular weight excluding hydrogens is 261 g/mol. The summed E-state index contributed by atoms with van der Waals surface area (Å²) in [4.78, 5) is 10.6. The minimum atomic E-state index is -0.886. The summed E-state index contributed by atoms with van der Waals surface area (Å²) in [5, 5.41) is 12.6. The first-order chi connectivity index (χ1) is 5.77. The molecule has 0 aliphatic carbocycles. The second-order valence-corrected chi connectivity index (χ2v) is 3.30. The fourth-order valence-corrected chi connectivity index (χ4v) is 1.73. The van der Waals surface area contributed by atoms with Crippen molar-refractivity contribution in [1.29, 1.82) is 0 Å². The molecule has 1 N–H and O–H groups in total. The number of fused-ring (bicyclic) bond motifs is 1. The van der Waals surface area contributed by atoms with Gasteiger partial charge in [-0.1, -0.05) is 6.07 Å². The summed E-state index contributed by atoms with van der Waals surface area (Å²) >= 11 is 1.49. The molecule has 1 radical (unpaired) electrons. The average Bonchev–Trinajstić information content (AvgIpc) is 2.49. The fourth-order valence-electron chi connectivity index (χ4n) is 1.04. The third kappa shape index (κ3) is 2.16. The van der Waals surface area contributed by atoms with Crippen LogP contribution in [0.2, 0.25) is 0 Å². The maximum absolute atomic E-state index is 10.6. The minimum absolute atomic E-state index is 0. The van der Waals surface area contributed by atoms with Gasteiger partial charge in [0.25, 0.3) is 0 Å². The average molecular weight is 266 g/mol. The molecular formula is C9H5O2SY-. The molecule has 2 aromatic rings. The van der Waals surface area contributed by atoms with Gasteiger partial charge in [-0.15, -0.1) is 22.2 Å². The first kappa shape index (κ1) is 10.8. The SMILES string of the molecule is O=C(O)c1ccc2s[c-]cc2c1.[Y]. The van der Waals surface area contributed by atoms with Crippen LogP contribution in [-0.4, -0.2) is 11.1 Å². The van der Waals surface area contributed by atoms with Gasteiger partial charge >= 0.3 is 5.97 Å². The van der Waals surface area contributed by atoms with Gasteiger partial charge in [0.15, 0.2) is 0 Å². The Labute approximate surface area is 104 Å². The monoisotopic (exact) mass is 266 g/mol. The molecule has 2 rings (SSSR count). The van der Waals surface area contributed by atoms with Gasteiger partial charge in [-0.05, 0) is 0 Å². The van der Waals surface area contributed by atoms with Crippen molar-refractivity contribution in [2.75, 3.05) is 0 Å². The molecule has 0 spiro atoms. The zero-order valence-electron chi connectivity index (χ0n) is 6.65. The molecule has 63 valence electrons. The molecule has 0 saturated carbocycles. The number of thiophene rings is 1. The van der Waals surface area contributed by atoms with E-state index >= 15 is 0 Å². The second-order valence-electron chi connectivity index (χ2n) is 2.42. The van der Waals surface area contributed by atoms with Gasteiger partial charge < -0.3 is 5.11 Å². The topological polar surface area (TPSA) is 37.3 Å². The molecule has 1 aromatic carbocycles. The summed E-state index contributed by atoms with van der Waals surface area (Å²) in [6, 6.07) is 6.87. The molecule has 0 unspecified atom stereocenters. The number of hydrogen-bond donors (Lipinski definition) is 1. The smallest absolute Gasteiger partial charge is 0.334 e. The first-order valence-electron chi connectivity index (χ1n) is 3.40. The number of carbonyl (C=O) groups is 1. The van der Waals surface area contributed by atoms with Crippen molar-refractivity contribution in [3.63, 3.8) is 0 Å². The van der Waals surface area contributed by atoms with Gasteiger partial charge in [-0.25, -0.2) is 4.79 Å². The number of benzene rings is 1. The Hall–Kier alpha value is -0.246. The molecule has 0 bridgehead atoms. The second kappa shape index (κ2) is 4.31. The summed E-state index contributed by atoms with van der Waals surface area (Å²) in [6.45, 7) is 0. The Morgan fingerprint density at radius 3 is 2.92 bits per heavy atom. The standard InChI is InChI=1S/C9H5O2S.Y/c10-9(11)7-1-2-8-6(5-7)3-4-12-8;/h1-3,5H,(H,10,11);/q-1;. The molecule has 0 atom stereocenters. The van der Waals surface area contributed by atoms with E-state index in [0.29, 0.717) is 5.56 Å². The van der Waals surface area contributed by atoms with Crippen LogP contribution in [-0.2, 0) is 32.7 Å². The van der Waals surface area contributed by atoms with Crippen LogP contribution in [0.3, 0.4) is 0 Å². The van der Waals surface area contributed by atoms with Gasteiger partial charge in [-0.3, -0.25) is 11.3 Å². The third-order valence-corrected chi connectivity index (χ3v) is 2.47. The van der Waals surface area contributed by atoms with E-state index in [2.05, 4.69) is 5.38 Å². The molecule has 2 nitrogen and oxygen atoms in total. The van der Waals surface area contributed by atoms with Crippen LogP contribution in [0.25, 0.3) is 10.1 Å². The molecule has 4 heteroatoms. The van der Waals surface area contributed by atoms with Crippen molar-refractivity contribution >= 4 is 27.4 Å². The van der Waals surface area contributed by atoms with Crippen LogP contribution >= 0.6 is 11.3 Å². The van der Waals surface area contributed by atoms with E-state index in [4.69, 9.17) is 5.11 Å². The summed E-state index contributed by atoms with van der Waals surface area (Å²) < 4.78 is 1.07. The van der Waals surface area contributed by atoms with Gasteiger partial charge in [0.1, 0.15) is 0 Å². The van der Waals surface area contributed by atoms with Crippen molar-refractivity contribution in [3.05, 3.63) is 35.2 Å². The Balaban J connectivity index is 0.000000845. The fraction of sp³-hybridized carbons (Fsp3) is 0. The molecule has 1 aromatic heterocycles. The third-order valence-electron chi connectivity index (χ3n) is 1.64. The molecule has 1 heterocycles. The number of rotatable bonds is 1. The van der Waals surface area contributed by atoms with Crippen LogP contribution in [0.4, 0.5) is 0 Å². The largest absolute Gasteiger partial charge is 0.478 e. The zero-order chi connectivity index (χ0) is 8.55. The molecule has 0 saturated heterocycles. The van der Waals surface area contributed by atoms with Crippen LogP contribution in [0.15, 0.2) is 24.3 Å². The van der Waals surface area contributed by atoms with Crippen molar-refractivity contribution in [1.82, 2.24) is 0 Å². The zero-order valence-corrected chi connectivity index (χ0v) is 10.3. The predicted octanol–water partition coefficient (Wildman–Crippen LogP) is 2.40. The summed E-state index contributed by atoms with van der Waals surface area (Å²) in [6.07, 6.45) is 0. The number of hydrogen-bond acceptors (Lipinski definition) is 2. The van der Waals surface area contributed by atoms with Crippen molar-refractivity contribution < 1.29 is 42.6 Å². The van der Waals surface area contributed by atoms with Crippen molar-refractivity contribution in [2.45, 2.75) is 0 Å². The van der Waals surface area contributed by atoms with E-state index in [1.54, 1.807) is 24.3 Å². The van der Waals surface area contributed by atoms with Gasteiger partial charge in [0.05, 0.1) is 0 Å². The van der Waals surface area contributed by atoms with Crippen LogP contribution in [0.1, 0.15) is 10.4 Å². The quantitative estimate of drug-likeness (QED) is 0.805. The maximum Gasteiger partial charge on any atom is 0.334 e. The first-order valence-corrected chi connectivity index (χ1v) is 4.22. The Morgan fingerprint density at radius 1 is 1.46 bits per heavy atom. The maximum atomic E-state index is 10.6. The number of carboxylic acids is 1. The van der Waals surface area contributed by atoms with Crippen LogP contribution in [0.5, 0.6) is 0 Å². The molecule has 0 amide bonds. The molecule has 0 fully saturated rings. The Morgan fingerprint density at radius 2 is 2.23 bits per heavy atom. The van der Waals surface area contributed by atoms with Gasteiger partial charge in [0.2, 0.25) is 0 Å². The van der Waals surface area contributed by atoms with E-state index in [0.717, 1.165) is 10.1 Å². The normalized spacial score (nSPS) is 9.54. The van der Waals surface area contributed by atoms with E-state index in [9.17, 15) is 4.79 Å². The molecule has 0 aliphatic heterocycles. The van der Waals surface area contributed by atoms with Crippen LogP contribution < -0.4 is 0 Å². The number of aromatic carboxylic acids is 1. The number of carboxylic acid groups (broad SMARTS) is 1. The summed E-state index contributed by atoms with van der Waals surface area (Å²) in [5.41, 5.74) is 0.328. The summed E-state index contributed by atoms with van der Waals surface area (Å²) in [7, 11) is 0. The van der Waals surface area contributed by atoms with E-state index in [1.165, 1.54) is 11.3 Å². The Bertz CT molecular complexity index is 436. The minimum Gasteiger partial charge on any atom is -0.478 e. The van der Waals surface area contributed by atoms with Gasteiger partial charge in [0, 0.05) is 38.3 Å². The van der Waals surface area contributed by atoms with E-state index in [-0.39, 0.29) is 32.7 Å².